The monoisotopic (exact) mass is 350 g/mol. The van der Waals surface area contributed by atoms with Crippen LogP contribution >= 0.6 is 15.9 Å². The highest BCUT2D eigenvalue weighted by Crippen LogP contribution is 2.24. The molecule has 0 saturated carbocycles. The van der Waals surface area contributed by atoms with E-state index in [1.807, 2.05) is 0 Å². The molecule has 1 amide bonds. The Balaban J connectivity index is 3.20. The fraction of sp³-hybridized carbons (Fsp3) is 0.417. The number of alkyl halides is 3. The third-order valence-corrected chi connectivity index (χ3v) is 3.02. The van der Waals surface area contributed by atoms with Crippen molar-refractivity contribution in [1.29, 1.82) is 0 Å². The number of hydrogen-bond donors (Lipinski definition) is 0. The molecule has 0 spiro atoms. The average molecular weight is 351 g/mol. The molecule has 0 atom stereocenters. The molecule has 1 aromatic rings. The van der Waals surface area contributed by atoms with Gasteiger partial charge in [0.05, 0.1) is 11.5 Å². The summed E-state index contributed by atoms with van der Waals surface area (Å²) in [5.41, 5.74) is -0.124. The number of carbonyl (C=O) groups excluding carboxylic acids is 1. The van der Waals surface area contributed by atoms with E-state index in [9.17, 15) is 23.7 Å². The van der Waals surface area contributed by atoms with E-state index >= 15 is 0 Å². The molecule has 8 heteroatoms. The first-order valence-corrected chi connectivity index (χ1v) is 6.88. The van der Waals surface area contributed by atoms with Crippen LogP contribution in [0.15, 0.2) is 18.2 Å². The molecule has 1 rings (SSSR count). The maximum Gasteiger partial charge on any atom is 0.282 e. The van der Waals surface area contributed by atoms with Crippen LogP contribution < -0.4 is 0 Å². The first-order chi connectivity index (χ1) is 9.38. The van der Waals surface area contributed by atoms with Crippen LogP contribution in [0.1, 0.15) is 15.9 Å². The standard InChI is InChI=1S/C12H13BrF2N2O3/c1-8-3-2-4-9(17(19)20)11(8)12(18)16(6-5-13)7-10(14)15/h2-4,10H,5-7H2,1H3. The van der Waals surface area contributed by atoms with Crippen molar-refractivity contribution in [3.8, 4) is 0 Å². The third kappa shape index (κ3) is 3.96. The first kappa shape index (κ1) is 16.5. The van der Waals surface area contributed by atoms with E-state index in [1.54, 1.807) is 0 Å². The number of amides is 1. The zero-order valence-electron chi connectivity index (χ0n) is 10.7. The van der Waals surface area contributed by atoms with Crippen LogP contribution in [0, 0.1) is 17.0 Å². The Bertz CT molecular complexity index is 511. The maximum absolute atomic E-state index is 12.5. The number of halogens is 3. The molecule has 20 heavy (non-hydrogen) atoms. The summed E-state index contributed by atoms with van der Waals surface area (Å²) in [6.07, 6.45) is -2.69. The highest BCUT2D eigenvalue weighted by molar-refractivity contribution is 9.09. The second-order valence-corrected chi connectivity index (χ2v) is 4.85. The number of nitro benzene ring substituents is 1. The summed E-state index contributed by atoms with van der Waals surface area (Å²) in [6.45, 7) is 0.833. The van der Waals surface area contributed by atoms with Gasteiger partial charge < -0.3 is 4.90 Å². The minimum absolute atomic E-state index is 0.0503. The molecule has 0 heterocycles. The van der Waals surface area contributed by atoms with Crippen molar-refractivity contribution < 1.29 is 18.5 Å². The molecule has 0 bridgehead atoms. The minimum atomic E-state index is -2.69. The van der Waals surface area contributed by atoms with E-state index < -0.39 is 23.8 Å². The van der Waals surface area contributed by atoms with Gasteiger partial charge in [0.25, 0.3) is 18.0 Å². The summed E-state index contributed by atoms with van der Waals surface area (Å²) < 4.78 is 25.0. The van der Waals surface area contributed by atoms with E-state index in [0.717, 1.165) is 4.90 Å². The average Bonchev–Trinajstić information content (AvgIpc) is 2.36. The van der Waals surface area contributed by atoms with Gasteiger partial charge in [-0.3, -0.25) is 14.9 Å². The number of nitrogens with zero attached hydrogens (tertiary/aromatic N) is 2. The van der Waals surface area contributed by atoms with E-state index in [4.69, 9.17) is 0 Å². The quantitative estimate of drug-likeness (QED) is 0.450. The van der Waals surface area contributed by atoms with Crippen molar-refractivity contribution in [3.63, 3.8) is 0 Å². The predicted molar refractivity (Wildman–Crippen MR) is 73.5 cm³/mol. The van der Waals surface area contributed by atoms with E-state index in [-0.39, 0.29) is 17.8 Å². The number of benzene rings is 1. The molecule has 0 fully saturated rings. The van der Waals surface area contributed by atoms with Crippen LogP contribution in [0.5, 0.6) is 0 Å². The van der Waals surface area contributed by atoms with E-state index in [1.165, 1.54) is 25.1 Å². The van der Waals surface area contributed by atoms with Gasteiger partial charge in [-0.2, -0.15) is 0 Å². The van der Waals surface area contributed by atoms with Crippen molar-refractivity contribution in [2.75, 3.05) is 18.4 Å². The van der Waals surface area contributed by atoms with Gasteiger partial charge in [0.2, 0.25) is 0 Å². The van der Waals surface area contributed by atoms with Gasteiger partial charge in [-0.15, -0.1) is 0 Å². The predicted octanol–water partition coefficient (Wildman–Crippen LogP) is 3.01. The lowest BCUT2D eigenvalue weighted by Crippen LogP contribution is -2.37. The summed E-state index contributed by atoms with van der Waals surface area (Å²) in [5.74, 6) is -0.755. The van der Waals surface area contributed by atoms with Gasteiger partial charge in [-0.05, 0) is 12.5 Å². The Morgan fingerprint density at radius 2 is 2.15 bits per heavy atom. The highest BCUT2D eigenvalue weighted by Gasteiger charge is 2.27. The molecule has 110 valence electrons. The molecule has 0 unspecified atom stereocenters. The van der Waals surface area contributed by atoms with Crippen LogP contribution in [-0.2, 0) is 0 Å². The molecule has 0 aliphatic rings. The lowest BCUT2D eigenvalue weighted by atomic mass is 10.1. The molecule has 0 aliphatic carbocycles. The van der Waals surface area contributed by atoms with Crippen molar-refractivity contribution in [3.05, 3.63) is 39.4 Å². The third-order valence-electron chi connectivity index (χ3n) is 2.66. The maximum atomic E-state index is 12.5. The van der Waals surface area contributed by atoms with Gasteiger partial charge >= 0.3 is 0 Å². The van der Waals surface area contributed by atoms with Crippen LogP contribution in [0.25, 0.3) is 0 Å². The Labute approximate surface area is 122 Å². The lowest BCUT2D eigenvalue weighted by Gasteiger charge is -2.22. The van der Waals surface area contributed by atoms with Gasteiger partial charge in [-0.1, -0.05) is 28.1 Å². The molecule has 0 N–H and O–H groups in total. The number of nitro groups is 1. The normalized spacial score (nSPS) is 10.7. The summed E-state index contributed by atoms with van der Waals surface area (Å²) in [5, 5.41) is 11.3. The number of rotatable bonds is 6. The molecule has 0 radical (unpaired) electrons. The molecule has 0 saturated heterocycles. The highest BCUT2D eigenvalue weighted by atomic mass is 79.9. The Morgan fingerprint density at radius 1 is 1.50 bits per heavy atom. The van der Waals surface area contributed by atoms with Gasteiger partial charge in [0.15, 0.2) is 0 Å². The van der Waals surface area contributed by atoms with Crippen molar-refractivity contribution in [2.45, 2.75) is 13.3 Å². The zero-order chi connectivity index (χ0) is 15.3. The largest absolute Gasteiger partial charge is 0.332 e. The summed E-state index contributed by atoms with van der Waals surface area (Å²) in [7, 11) is 0. The fourth-order valence-electron chi connectivity index (χ4n) is 1.79. The fourth-order valence-corrected chi connectivity index (χ4v) is 2.21. The topological polar surface area (TPSA) is 63.5 Å². The smallest absolute Gasteiger partial charge is 0.282 e. The Hall–Kier alpha value is -1.57. The van der Waals surface area contributed by atoms with Gasteiger partial charge in [0, 0.05) is 17.9 Å². The Morgan fingerprint density at radius 3 is 2.65 bits per heavy atom. The first-order valence-electron chi connectivity index (χ1n) is 5.75. The molecule has 5 nitrogen and oxygen atoms in total. The van der Waals surface area contributed by atoms with Crippen molar-refractivity contribution in [1.82, 2.24) is 4.90 Å². The second kappa shape index (κ2) is 7.28. The van der Waals surface area contributed by atoms with E-state index in [0.29, 0.717) is 10.9 Å². The lowest BCUT2D eigenvalue weighted by molar-refractivity contribution is -0.385. The van der Waals surface area contributed by atoms with Gasteiger partial charge in [-0.25, -0.2) is 8.78 Å². The molecule has 0 aliphatic heterocycles. The molecular formula is C12H13BrF2N2O3. The van der Waals surface area contributed by atoms with Crippen LogP contribution in [-0.4, -0.2) is 40.6 Å². The van der Waals surface area contributed by atoms with Crippen LogP contribution in [0.2, 0.25) is 0 Å². The molecule has 0 aromatic heterocycles. The number of hydrogen-bond acceptors (Lipinski definition) is 3. The molecular weight excluding hydrogens is 338 g/mol. The second-order valence-electron chi connectivity index (χ2n) is 4.06. The SMILES string of the molecule is Cc1cccc([N+](=O)[O-])c1C(=O)N(CCBr)CC(F)F. The number of carbonyl (C=O) groups is 1. The van der Waals surface area contributed by atoms with Gasteiger partial charge in [0.1, 0.15) is 5.56 Å². The summed E-state index contributed by atoms with van der Waals surface area (Å²) in [6, 6.07) is 4.18. The van der Waals surface area contributed by atoms with Crippen LogP contribution in [0.3, 0.4) is 0 Å². The Kier molecular flexibility index (Phi) is 6.00. The zero-order valence-corrected chi connectivity index (χ0v) is 12.3. The summed E-state index contributed by atoms with van der Waals surface area (Å²) >= 11 is 3.07. The number of aryl methyl sites for hydroxylation is 1. The van der Waals surface area contributed by atoms with Crippen LogP contribution in [0.4, 0.5) is 14.5 Å². The molecule has 1 aromatic carbocycles. The summed E-state index contributed by atoms with van der Waals surface area (Å²) in [4.78, 5) is 23.5. The van der Waals surface area contributed by atoms with Crippen molar-refractivity contribution in [2.24, 2.45) is 0 Å². The minimum Gasteiger partial charge on any atom is -0.332 e. The van der Waals surface area contributed by atoms with E-state index in [2.05, 4.69) is 15.9 Å². The van der Waals surface area contributed by atoms with Crippen molar-refractivity contribution >= 4 is 27.5 Å².